The van der Waals surface area contributed by atoms with Crippen molar-refractivity contribution in [2.75, 3.05) is 11.9 Å². The Morgan fingerprint density at radius 3 is 2.65 bits per heavy atom. The van der Waals surface area contributed by atoms with Crippen LogP contribution in [-0.4, -0.2) is 18.4 Å². The lowest BCUT2D eigenvalue weighted by atomic mass is 10.2. The fourth-order valence-electron chi connectivity index (χ4n) is 1.93. The molecule has 120 valence electrons. The van der Waals surface area contributed by atoms with Gasteiger partial charge in [-0.2, -0.15) is 0 Å². The third-order valence-electron chi connectivity index (χ3n) is 3.06. The van der Waals surface area contributed by atoms with Gasteiger partial charge in [0.25, 0.3) is 5.91 Å². The Bertz CT molecular complexity index is 747. The minimum atomic E-state index is -0.740. The molecule has 2 aromatic carbocycles. The molecule has 2 aromatic rings. The molecule has 0 fully saturated rings. The Labute approximate surface area is 146 Å². The van der Waals surface area contributed by atoms with Gasteiger partial charge < -0.3 is 10.6 Å². The highest BCUT2D eigenvalue weighted by Crippen LogP contribution is 2.20. The van der Waals surface area contributed by atoms with E-state index in [2.05, 4.69) is 26.6 Å². The van der Waals surface area contributed by atoms with Gasteiger partial charge in [0, 0.05) is 10.2 Å². The van der Waals surface area contributed by atoms with Crippen molar-refractivity contribution >= 4 is 45.0 Å². The number of benzene rings is 2. The molecule has 0 aromatic heterocycles. The van der Waals surface area contributed by atoms with Gasteiger partial charge >= 0.3 is 0 Å². The molecule has 0 radical (unpaired) electrons. The Hall–Kier alpha value is -1.92. The van der Waals surface area contributed by atoms with Gasteiger partial charge in [-0.25, -0.2) is 4.39 Å². The number of carbonyl (C=O) groups is 2. The normalized spacial score (nSPS) is 10.3. The summed E-state index contributed by atoms with van der Waals surface area (Å²) in [6.45, 7) is 1.55. The van der Waals surface area contributed by atoms with E-state index in [1.807, 2.05) is 13.0 Å². The van der Waals surface area contributed by atoms with Crippen LogP contribution in [0.2, 0.25) is 5.02 Å². The van der Waals surface area contributed by atoms with Crippen LogP contribution in [0.15, 0.2) is 40.9 Å². The maximum Gasteiger partial charge on any atom is 0.256 e. The zero-order valence-corrected chi connectivity index (χ0v) is 14.5. The minimum absolute atomic E-state index is 0.00772. The van der Waals surface area contributed by atoms with Crippen LogP contribution in [0, 0.1) is 12.7 Å². The molecular weight excluding hydrogens is 387 g/mol. The summed E-state index contributed by atoms with van der Waals surface area (Å²) in [5, 5.41) is 5.01. The molecule has 4 nitrogen and oxygen atoms in total. The topological polar surface area (TPSA) is 58.2 Å². The monoisotopic (exact) mass is 398 g/mol. The summed E-state index contributed by atoms with van der Waals surface area (Å²) in [5.41, 5.74) is 1.23. The number of hydrogen-bond donors (Lipinski definition) is 2. The zero-order valence-electron chi connectivity index (χ0n) is 12.1. The molecule has 0 spiro atoms. The minimum Gasteiger partial charge on any atom is -0.343 e. The first-order valence-corrected chi connectivity index (χ1v) is 7.84. The summed E-state index contributed by atoms with van der Waals surface area (Å²) in [7, 11) is 0. The lowest BCUT2D eigenvalue weighted by Gasteiger charge is -2.10. The highest BCUT2D eigenvalue weighted by Gasteiger charge is 2.16. The first-order chi connectivity index (χ1) is 10.9. The number of hydrogen-bond acceptors (Lipinski definition) is 2. The van der Waals surface area contributed by atoms with Gasteiger partial charge in [0.2, 0.25) is 5.91 Å². The second-order valence-electron chi connectivity index (χ2n) is 4.79. The molecule has 0 aliphatic carbocycles. The third-order valence-corrected chi connectivity index (χ3v) is 3.87. The average Bonchev–Trinajstić information content (AvgIpc) is 2.48. The second-order valence-corrected chi connectivity index (χ2v) is 6.11. The maximum atomic E-state index is 13.6. The molecule has 0 atom stereocenters. The van der Waals surface area contributed by atoms with Crippen molar-refractivity contribution in [1.82, 2.24) is 5.32 Å². The first-order valence-electron chi connectivity index (χ1n) is 6.66. The number of amides is 2. The predicted octanol–water partition coefficient (Wildman–Crippen LogP) is 3.92. The highest BCUT2D eigenvalue weighted by atomic mass is 79.9. The van der Waals surface area contributed by atoms with Crippen molar-refractivity contribution in [3.8, 4) is 0 Å². The summed E-state index contributed by atoms with van der Waals surface area (Å²) < 4.78 is 14.5. The van der Waals surface area contributed by atoms with Crippen molar-refractivity contribution in [1.29, 1.82) is 0 Å². The largest absolute Gasteiger partial charge is 0.343 e. The number of anilines is 1. The van der Waals surface area contributed by atoms with E-state index in [0.717, 1.165) is 16.1 Å². The molecule has 0 saturated heterocycles. The van der Waals surface area contributed by atoms with E-state index in [0.29, 0.717) is 5.69 Å². The van der Waals surface area contributed by atoms with Crippen molar-refractivity contribution in [3.05, 3.63) is 62.8 Å². The molecule has 0 heterocycles. The van der Waals surface area contributed by atoms with Gasteiger partial charge in [-0.3, -0.25) is 9.59 Å². The standard InChI is InChI=1S/C16H13BrClFN2O2/c1-9-7-10(17)5-6-13(9)21-14(22)8-20-16(23)15-11(18)3-2-4-12(15)19/h2-7H,8H2,1H3,(H,20,23)(H,21,22). The number of halogens is 3. The molecule has 2 rings (SSSR count). The van der Waals surface area contributed by atoms with Crippen molar-refractivity contribution in [2.45, 2.75) is 6.92 Å². The SMILES string of the molecule is Cc1cc(Br)ccc1NC(=O)CNC(=O)c1c(F)cccc1Cl. The van der Waals surface area contributed by atoms with Crippen molar-refractivity contribution < 1.29 is 14.0 Å². The van der Waals surface area contributed by atoms with E-state index in [1.165, 1.54) is 12.1 Å². The smallest absolute Gasteiger partial charge is 0.256 e. The third kappa shape index (κ3) is 4.53. The summed E-state index contributed by atoms with van der Waals surface area (Å²) in [4.78, 5) is 23.8. The molecule has 0 aliphatic heterocycles. The summed E-state index contributed by atoms with van der Waals surface area (Å²) >= 11 is 9.13. The quantitative estimate of drug-likeness (QED) is 0.819. The Balaban J connectivity index is 1.98. The van der Waals surface area contributed by atoms with Crippen LogP contribution in [0.5, 0.6) is 0 Å². The van der Waals surface area contributed by atoms with Gasteiger partial charge in [0.05, 0.1) is 17.1 Å². The van der Waals surface area contributed by atoms with Gasteiger partial charge in [0.15, 0.2) is 0 Å². The number of nitrogens with one attached hydrogen (secondary N) is 2. The molecule has 0 aliphatic rings. The van der Waals surface area contributed by atoms with Crippen LogP contribution in [0.3, 0.4) is 0 Å². The number of aryl methyl sites for hydroxylation is 1. The van der Waals surface area contributed by atoms with Gasteiger partial charge in [-0.1, -0.05) is 33.6 Å². The number of carbonyl (C=O) groups excluding carboxylic acids is 2. The number of rotatable bonds is 4. The Kier molecular flexibility index (Phi) is 5.74. The highest BCUT2D eigenvalue weighted by molar-refractivity contribution is 9.10. The fraction of sp³-hybridized carbons (Fsp3) is 0.125. The maximum absolute atomic E-state index is 13.6. The Morgan fingerprint density at radius 1 is 1.26 bits per heavy atom. The van der Waals surface area contributed by atoms with Crippen LogP contribution < -0.4 is 10.6 Å². The molecule has 0 bridgehead atoms. The van der Waals surface area contributed by atoms with Crippen molar-refractivity contribution in [3.63, 3.8) is 0 Å². The van der Waals surface area contributed by atoms with Gasteiger partial charge in [-0.05, 0) is 42.8 Å². The van der Waals surface area contributed by atoms with Crippen LogP contribution in [-0.2, 0) is 4.79 Å². The lowest BCUT2D eigenvalue weighted by molar-refractivity contribution is -0.115. The molecule has 0 saturated carbocycles. The van der Waals surface area contributed by atoms with Crippen LogP contribution in [0.1, 0.15) is 15.9 Å². The molecule has 0 unspecified atom stereocenters. The molecule has 2 amide bonds. The fourth-order valence-corrected chi connectivity index (χ4v) is 2.65. The molecule has 7 heteroatoms. The first kappa shape index (κ1) is 17.4. The molecule has 2 N–H and O–H groups in total. The van der Waals surface area contributed by atoms with Crippen molar-refractivity contribution in [2.24, 2.45) is 0 Å². The lowest BCUT2D eigenvalue weighted by Crippen LogP contribution is -2.33. The Morgan fingerprint density at radius 2 is 2.00 bits per heavy atom. The zero-order chi connectivity index (χ0) is 17.0. The predicted molar refractivity (Wildman–Crippen MR) is 91.3 cm³/mol. The van der Waals surface area contributed by atoms with E-state index in [1.54, 1.807) is 12.1 Å². The van der Waals surface area contributed by atoms with Crippen LogP contribution in [0.25, 0.3) is 0 Å². The van der Waals surface area contributed by atoms with E-state index in [4.69, 9.17) is 11.6 Å². The molecular formula is C16H13BrClFN2O2. The molecule has 23 heavy (non-hydrogen) atoms. The van der Waals surface area contributed by atoms with E-state index in [-0.39, 0.29) is 17.1 Å². The van der Waals surface area contributed by atoms with E-state index in [9.17, 15) is 14.0 Å². The second kappa shape index (κ2) is 7.57. The van der Waals surface area contributed by atoms with Gasteiger partial charge in [-0.15, -0.1) is 0 Å². The summed E-state index contributed by atoms with van der Waals surface area (Å²) in [6.07, 6.45) is 0. The summed E-state index contributed by atoms with van der Waals surface area (Å²) in [6, 6.07) is 9.33. The van der Waals surface area contributed by atoms with Crippen LogP contribution in [0.4, 0.5) is 10.1 Å². The van der Waals surface area contributed by atoms with Gasteiger partial charge in [0.1, 0.15) is 5.82 Å². The average molecular weight is 400 g/mol. The van der Waals surface area contributed by atoms with Crippen LogP contribution >= 0.6 is 27.5 Å². The summed E-state index contributed by atoms with van der Waals surface area (Å²) in [5.74, 6) is -1.90. The van der Waals surface area contributed by atoms with E-state index < -0.39 is 17.6 Å². The van der Waals surface area contributed by atoms with E-state index >= 15 is 0 Å².